The summed E-state index contributed by atoms with van der Waals surface area (Å²) >= 11 is 7.06. The topological polar surface area (TPSA) is 60.0 Å². The van der Waals surface area contributed by atoms with E-state index in [1.54, 1.807) is 18.1 Å². The van der Waals surface area contributed by atoms with Gasteiger partial charge in [0.15, 0.2) is 0 Å². The predicted octanol–water partition coefficient (Wildman–Crippen LogP) is 1.92. The summed E-state index contributed by atoms with van der Waals surface area (Å²) in [5, 5.41) is 4.33. The van der Waals surface area contributed by atoms with Gasteiger partial charge in [-0.05, 0) is 25.0 Å². The van der Waals surface area contributed by atoms with Gasteiger partial charge in [0.25, 0.3) is 0 Å². The van der Waals surface area contributed by atoms with Crippen molar-refractivity contribution in [1.29, 1.82) is 0 Å². The maximum absolute atomic E-state index is 5.94. The van der Waals surface area contributed by atoms with Crippen LogP contribution in [0, 0.1) is 5.92 Å². The molecule has 2 heterocycles. The molecular formula is C14H25N5S2. The number of nitrogens with zero attached hydrogens (tertiary/aromatic N) is 4. The molecule has 1 fully saturated rings. The maximum atomic E-state index is 5.94. The Bertz CT molecular complexity index is 477. The van der Waals surface area contributed by atoms with Gasteiger partial charge in [-0.1, -0.05) is 26.1 Å². The summed E-state index contributed by atoms with van der Waals surface area (Å²) in [5.74, 6) is 1.63. The number of rotatable bonds is 6. The lowest BCUT2D eigenvalue weighted by molar-refractivity contribution is 0.203. The molecule has 0 saturated carbocycles. The Morgan fingerprint density at radius 1 is 1.48 bits per heavy atom. The molecule has 0 spiro atoms. The van der Waals surface area contributed by atoms with Crippen LogP contribution in [0.1, 0.15) is 32.5 Å². The average molecular weight is 328 g/mol. The van der Waals surface area contributed by atoms with Crippen molar-refractivity contribution in [2.75, 3.05) is 19.3 Å². The molecule has 1 aliphatic heterocycles. The van der Waals surface area contributed by atoms with E-state index in [1.165, 1.54) is 0 Å². The van der Waals surface area contributed by atoms with Crippen molar-refractivity contribution in [2.24, 2.45) is 11.7 Å². The molecule has 1 saturated heterocycles. The van der Waals surface area contributed by atoms with Crippen molar-refractivity contribution in [3.63, 3.8) is 0 Å². The van der Waals surface area contributed by atoms with Gasteiger partial charge in [0.1, 0.15) is 12.2 Å². The van der Waals surface area contributed by atoms with E-state index < -0.39 is 0 Å². The van der Waals surface area contributed by atoms with Crippen LogP contribution in [0.4, 0.5) is 0 Å². The Morgan fingerprint density at radius 2 is 2.14 bits per heavy atom. The van der Waals surface area contributed by atoms with E-state index in [0.717, 1.165) is 44.8 Å². The van der Waals surface area contributed by atoms with Gasteiger partial charge in [-0.15, -0.1) is 0 Å². The lowest BCUT2D eigenvalue weighted by atomic mass is 9.95. The fourth-order valence-corrected chi connectivity index (χ4v) is 3.98. The molecule has 1 aliphatic rings. The van der Waals surface area contributed by atoms with Crippen LogP contribution in [0.5, 0.6) is 0 Å². The number of hydrogen-bond acceptors (Lipinski definition) is 5. The SMILES string of the molecule is CSC1(C(N)=S)CCN(Cc2ncnn2CC(C)C)CC1. The molecule has 0 amide bonds. The first-order valence-electron chi connectivity index (χ1n) is 7.41. The fourth-order valence-electron chi connectivity index (χ4n) is 2.73. The molecule has 1 aromatic rings. The number of hydrogen-bond donors (Lipinski definition) is 1. The molecule has 0 bridgehead atoms. The molecule has 7 heteroatoms. The first kappa shape index (κ1) is 16.7. The highest BCUT2D eigenvalue weighted by Crippen LogP contribution is 2.35. The quantitative estimate of drug-likeness (QED) is 0.806. The van der Waals surface area contributed by atoms with Crippen molar-refractivity contribution < 1.29 is 0 Å². The van der Waals surface area contributed by atoms with E-state index in [9.17, 15) is 0 Å². The molecule has 0 radical (unpaired) electrons. The molecule has 0 unspecified atom stereocenters. The lowest BCUT2D eigenvalue weighted by Crippen LogP contribution is -2.49. The highest BCUT2D eigenvalue weighted by Gasteiger charge is 2.36. The summed E-state index contributed by atoms with van der Waals surface area (Å²) in [4.78, 5) is 7.48. The number of aromatic nitrogens is 3. The van der Waals surface area contributed by atoms with Crippen LogP contribution in [0.15, 0.2) is 6.33 Å². The zero-order valence-electron chi connectivity index (χ0n) is 13.1. The molecule has 1 aromatic heterocycles. The van der Waals surface area contributed by atoms with Crippen molar-refractivity contribution in [3.05, 3.63) is 12.2 Å². The number of thiocarbonyl (C=S) groups is 1. The van der Waals surface area contributed by atoms with E-state index in [4.69, 9.17) is 18.0 Å². The van der Waals surface area contributed by atoms with Crippen LogP contribution in [0.2, 0.25) is 0 Å². The van der Waals surface area contributed by atoms with Crippen molar-refractivity contribution >= 4 is 29.0 Å². The minimum absolute atomic E-state index is 0.0164. The van der Waals surface area contributed by atoms with Gasteiger partial charge in [0.05, 0.1) is 16.3 Å². The highest BCUT2D eigenvalue weighted by molar-refractivity contribution is 8.02. The third-order valence-electron chi connectivity index (χ3n) is 4.10. The molecule has 0 aliphatic carbocycles. The van der Waals surface area contributed by atoms with Gasteiger partial charge in [-0.25, -0.2) is 9.67 Å². The van der Waals surface area contributed by atoms with Gasteiger partial charge in [0, 0.05) is 19.6 Å². The first-order chi connectivity index (χ1) is 9.97. The van der Waals surface area contributed by atoms with Crippen LogP contribution in [-0.4, -0.2) is 48.7 Å². The Labute approximate surface area is 136 Å². The van der Waals surface area contributed by atoms with E-state index in [0.29, 0.717) is 10.9 Å². The zero-order chi connectivity index (χ0) is 15.5. The van der Waals surface area contributed by atoms with Crippen molar-refractivity contribution in [3.8, 4) is 0 Å². The largest absolute Gasteiger partial charge is 0.392 e. The van der Waals surface area contributed by atoms with Crippen molar-refractivity contribution in [2.45, 2.75) is 44.5 Å². The molecule has 21 heavy (non-hydrogen) atoms. The van der Waals surface area contributed by atoms with Gasteiger partial charge in [0.2, 0.25) is 0 Å². The maximum Gasteiger partial charge on any atom is 0.141 e. The average Bonchev–Trinajstić information content (AvgIpc) is 2.86. The third-order valence-corrected chi connectivity index (χ3v) is 6.03. The van der Waals surface area contributed by atoms with E-state index >= 15 is 0 Å². The van der Waals surface area contributed by atoms with Gasteiger partial charge in [-0.3, -0.25) is 4.90 Å². The summed E-state index contributed by atoms with van der Waals surface area (Å²) in [5.41, 5.74) is 5.94. The zero-order valence-corrected chi connectivity index (χ0v) is 14.7. The number of likely N-dealkylation sites (tertiary alicyclic amines) is 1. The number of thioether (sulfide) groups is 1. The van der Waals surface area contributed by atoms with Gasteiger partial charge < -0.3 is 5.73 Å². The van der Waals surface area contributed by atoms with Crippen LogP contribution in [0.3, 0.4) is 0 Å². The molecule has 5 nitrogen and oxygen atoms in total. The Kier molecular flexibility index (Phi) is 5.62. The monoisotopic (exact) mass is 327 g/mol. The van der Waals surface area contributed by atoms with Crippen LogP contribution < -0.4 is 5.73 Å². The standard InChI is InChI=1S/C14H25N5S2/c1-11(2)8-19-12(16-10-17-19)9-18-6-4-14(21-3,5-7-18)13(15)20/h10-11H,4-9H2,1-3H3,(H2,15,20). The predicted molar refractivity (Wildman–Crippen MR) is 92.4 cm³/mol. The lowest BCUT2D eigenvalue weighted by Gasteiger charge is -2.39. The smallest absolute Gasteiger partial charge is 0.141 e. The molecule has 2 rings (SSSR count). The minimum Gasteiger partial charge on any atom is -0.392 e. The van der Waals surface area contributed by atoms with E-state index in [2.05, 4.69) is 35.1 Å². The Morgan fingerprint density at radius 3 is 2.67 bits per heavy atom. The van der Waals surface area contributed by atoms with E-state index in [-0.39, 0.29) is 4.75 Å². The van der Waals surface area contributed by atoms with Crippen LogP contribution in [-0.2, 0) is 13.1 Å². The first-order valence-corrected chi connectivity index (χ1v) is 9.04. The Balaban J connectivity index is 1.95. The molecule has 2 N–H and O–H groups in total. The normalized spacial score (nSPS) is 19.0. The summed E-state index contributed by atoms with van der Waals surface area (Å²) in [6, 6.07) is 0. The van der Waals surface area contributed by atoms with Gasteiger partial charge >= 0.3 is 0 Å². The molecule has 118 valence electrons. The molecule has 0 aromatic carbocycles. The number of nitrogens with two attached hydrogens (primary N) is 1. The van der Waals surface area contributed by atoms with E-state index in [1.807, 2.05) is 4.68 Å². The molecule has 0 atom stereocenters. The summed E-state index contributed by atoms with van der Waals surface area (Å²) in [6.07, 6.45) is 5.79. The summed E-state index contributed by atoms with van der Waals surface area (Å²) < 4.78 is 2.01. The van der Waals surface area contributed by atoms with Gasteiger partial charge in [-0.2, -0.15) is 16.9 Å². The fraction of sp³-hybridized carbons (Fsp3) is 0.786. The van der Waals surface area contributed by atoms with Crippen LogP contribution in [0.25, 0.3) is 0 Å². The minimum atomic E-state index is -0.0164. The Hall–Kier alpha value is -0.660. The van der Waals surface area contributed by atoms with Crippen molar-refractivity contribution in [1.82, 2.24) is 19.7 Å². The number of piperidine rings is 1. The summed E-state index contributed by atoms with van der Waals surface area (Å²) in [6.45, 7) is 8.18. The second-order valence-electron chi connectivity index (χ2n) is 6.09. The second-order valence-corrected chi connectivity index (χ2v) is 7.72. The molecular weight excluding hydrogens is 302 g/mol. The summed E-state index contributed by atoms with van der Waals surface area (Å²) in [7, 11) is 0. The third kappa shape index (κ3) is 3.96. The van der Waals surface area contributed by atoms with Crippen LogP contribution >= 0.6 is 24.0 Å². The second kappa shape index (κ2) is 7.07. The highest BCUT2D eigenvalue weighted by atomic mass is 32.2.